The number of aromatic nitrogens is 4. The van der Waals surface area contributed by atoms with Crippen molar-refractivity contribution in [1.29, 1.82) is 0 Å². The van der Waals surface area contributed by atoms with E-state index in [1.165, 1.54) is 0 Å². The van der Waals surface area contributed by atoms with Crippen LogP contribution in [-0.4, -0.2) is 15.8 Å². The Hall–Kier alpha value is -5.03. The largest absolute Gasteiger partial charge is 2.00 e. The van der Waals surface area contributed by atoms with Gasteiger partial charge in [-0.1, -0.05) is 103 Å². The van der Waals surface area contributed by atoms with E-state index in [1.54, 1.807) is 0 Å². The average Bonchev–Trinajstić information content (AvgIpc) is 3.80. The Labute approximate surface area is 246 Å². The molecule has 0 unspecified atom stereocenters. The Kier molecular flexibility index (Phi) is 6.01. The fraction of sp³-hybridized carbons (Fsp3) is 0. The van der Waals surface area contributed by atoms with Gasteiger partial charge >= 0.3 is 17.1 Å². The van der Waals surface area contributed by atoms with Crippen molar-refractivity contribution in [2.45, 2.75) is 0 Å². The molecule has 0 atom stereocenters. The first kappa shape index (κ1) is 25.0. The van der Waals surface area contributed by atoms with E-state index < -0.39 is 0 Å². The van der Waals surface area contributed by atoms with Crippen molar-refractivity contribution in [3.8, 4) is 22.3 Å². The number of rotatable bonds is 2. The Balaban J connectivity index is 0.00000276. The Morgan fingerprint density at radius 2 is 1.27 bits per heavy atom. The van der Waals surface area contributed by atoms with Gasteiger partial charge in [0.05, 0.1) is 22.5 Å². The minimum atomic E-state index is -0.112. The topological polar surface area (TPSA) is 71.1 Å². The van der Waals surface area contributed by atoms with Crippen molar-refractivity contribution in [3.05, 3.63) is 132 Å². The Morgan fingerprint density at radius 1 is 0.585 bits per heavy atom. The molecule has 41 heavy (non-hydrogen) atoms. The van der Waals surface area contributed by atoms with Crippen LogP contribution in [0, 0.1) is 0 Å². The molecule has 1 radical (unpaired) electrons. The summed E-state index contributed by atoms with van der Waals surface area (Å²) in [7, 11) is 0. The van der Waals surface area contributed by atoms with Crippen LogP contribution in [0.4, 0.5) is 0 Å². The van der Waals surface area contributed by atoms with Crippen LogP contribution in [0.5, 0.6) is 0 Å². The number of fused-ring (bicyclic) bond motifs is 8. The zero-order valence-electron chi connectivity index (χ0n) is 21.5. The maximum atomic E-state index is 13.9. The van der Waals surface area contributed by atoms with E-state index in [4.69, 9.17) is 19.9 Å². The van der Waals surface area contributed by atoms with Gasteiger partial charge in [0.1, 0.15) is 5.69 Å². The first-order valence-electron chi connectivity index (χ1n) is 13.1. The molecule has 8 rings (SSSR count). The summed E-state index contributed by atoms with van der Waals surface area (Å²) >= 11 is 0. The Morgan fingerprint density at radius 3 is 2.05 bits per heavy atom. The van der Waals surface area contributed by atoms with Crippen LogP contribution in [0.15, 0.2) is 109 Å². The van der Waals surface area contributed by atoms with E-state index >= 15 is 0 Å². The van der Waals surface area contributed by atoms with Crippen LogP contribution in [-0.2, 0) is 17.1 Å². The van der Waals surface area contributed by atoms with E-state index in [0.29, 0.717) is 27.9 Å². The SMILES string of the molecule is O=C1c2nc3c1cccc3c1ccc([n-]1)c(-c1ccccc1)c1nc(cc3ccc([n-]3)c2-c2ccccc2)C=C1.[Cu+2]. The van der Waals surface area contributed by atoms with Crippen molar-refractivity contribution in [1.82, 2.24) is 19.9 Å². The summed E-state index contributed by atoms with van der Waals surface area (Å²) < 4.78 is 0. The predicted octanol–water partition coefficient (Wildman–Crippen LogP) is 7.46. The molecular formula is C35H20CuN4O. The third-order valence-electron chi connectivity index (χ3n) is 7.38. The number of benzene rings is 3. The quantitative estimate of drug-likeness (QED) is 0.200. The van der Waals surface area contributed by atoms with Gasteiger partial charge in [-0.2, -0.15) is 0 Å². The summed E-state index contributed by atoms with van der Waals surface area (Å²) in [6.45, 7) is 0. The van der Waals surface area contributed by atoms with Crippen molar-refractivity contribution < 1.29 is 21.9 Å². The summed E-state index contributed by atoms with van der Waals surface area (Å²) in [5.74, 6) is -0.112. The van der Waals surface area contributed by atoms with Crippen LogP contribution in [0.1, 0.15) is 27.4 Å². The van der Waals surface area contributed by atoms with E-state index in [1.807, 2.05) is 109 Å². The van der Waals surface area contributed by atoms with E-state index in [2.05, 4.69) is 12.1 Å². The summed E-state index contributed by atoms with van der Waals surface area (Å²) in [4.78, 5) is 33.8. The first-order chi connectivity index (χ1) is 19.7. The number of nitrogens with zero attached hydrogens (tertiary/aromatic N) is 4. The number of carbonyl (C=O) groups is 1. The van der Waals surface area contributed by atoms with Crippen LogP contribution < -0.4 is 9.97 Å². The number of carbonyl (C=O) groups excluding carboxylic acids is 1. The van der Waals surface area contributed by atoms with Crippen LogP contribution in [0.25, 0.3) is 67.4 Å². The summed E-state index contributed by atoms with van der Waals surface area (Å²) in [5, 5.41) is 0.819. The Bertz CT molecular complexity index is 2180. The van der Waals surface area contributed by atoms with E-state index in [0.717, 1.165) is 50.0 Å². The molecule has 2 aliphatic rings. The standard InChI is InChI=1S/C35H21N4O.Cu/c40-35-26-13-7-12-25-27-18-19-29(38-27)31(21-8-3-1-4-9-21)28-16-14-23(36-28)20-24-15-17-30(37-24)32(34(35)39-33(25)26)22-10-5-2-6-11-22;/h1-20H,(H-,36,37,38,39,40);/q-1;+2/p-1. The minimum absolute atomic E-state index is 0. The molecule has 5 nitrogen and oxygen atoms in total. The number of para-hydroxylation sites is 1. The molecule has 0 saturated heterocycles. The maximum Gasteiger partial charge on any atom is 2.00 e. The molecule has 0 spiro atoms. The van der Waals surface area contributed by atoms with Gasteiger partial charge in [0.25, 0.3) is 0 Å². The smallest absolute Gasteiger partial charge is 0.657 e. The fourth-order valence-electron chi connectivity index (χ4n) is 5.55. The van der Waals surface area contributed by atoms with Gasteiger partial charge in [-0.05, 0) is 45.9 Å². The predicted molar refractivity (Wildman–Crippen MR) is 160 cm³/mol. The monoisotopic (exact) mass is 575 g/mol. The molecule has 0 N–H and O–H groups in total. The van der Waals surface area contributed by atoms with Gasteiger partial charge in [-0.3, -0.25) is 4.79 Å². The fourth-order valence-corrected chi connectivity index (χ4v) is 5.55. The third kappa shape index (κ3) is 4.13. The summed E-state index contributed by atoms with van der Waals surface area (Å²) in [5.41, 5.74) is 9.86. The number of hydrogen-bond donors (Lipinski definition) is 0. The molecule has 0 aliphatic carbocycles. The van der Waals surface area contributed by atoms with Crippen LogP contribution in [0.3, 0.4) is 0 Å². The van der Waals surface area contributed by atoms with Crippen molar-refractivity contribution >= 4 is 50.9 Å². The van der Waals surface area contributed by atoms with Crippen molar-refractivity contribution in [2.24, 2.45) is 0 Å². The zero-order valence-corrected chi connectivity index (χ0v) is 22.5. The minimum Gasteiger partial charge on any atom is -0.657 e. The van der Waals surface area contributed by atoms with Crippen molar-refractivity contribution in [2.75, 3.05) is 0 Å². The molecule has 0 amide bonds. The van der Waals surface area contributed by atoms with Gasteiger partial charge in [0.2, 0.25) is 5.78 Å². The molecule has 0 saturated carbocycles. The maximum absolute atomic E-state index is 13.9. The normalized spacial score (nSPS) is 12.1. The first-order valence-corrected chi connectivity index (χ1v) is 13.1. The second-order valence-corrected chi connectivity index (χ2v) is 9.84. The third-order valence-corrected chi connectivity index (χ3v) is 7.38. The van der Waals surface area contributed by atoms with Gasteiger partial charge in [0, 0.05) is 0 Å². The van der Waals surface area contributed by atoms with E-state index in [9.17, 15) is 4.79 Å². The van der Waals surface area contributed by atoms with Crippen LogP contribution >= 0.6 is 0 Å². The van der Waals surface area contributed by atoms with Gasteiger partial charge in [-0.25, -0.2) is 9.97 Å². The van der Waals surface area contributed by atoms with Gasteiger partial charge in [0.15, 0.2) is 0 Å². The van der Waals surface area contributed by atoms with Gasteiger partial charge < -0.3 is 9.97 Å². The van der Waals surface area contributed by atoms with Crippen LogP contribution in [0.2, 0.25) is 0 Å². The molecule has 2 aliphatic heterocycles. The average molecular weight is 576 g/mol. The van der Waals surface area contributed by atoms with Gasteiger partial charge in [-0.15, -0.1) is 22.1 Å². The van der Waals surface area contributed by atoms with Crippen molar-refractivity contribution in [3.63, 3.8) is 0 Å². The molecule has 6 aromatic rings. The molecule has 197 valence electrons. The molecule has 6 heteroatoms. The summed E-state index contributed by atoms with van der Waals surface area (Å²) in [6, 6.07) is 35.6. The van der Waals surface area contributed by atoms with E-state index in [-0.39, 0.29) is 22.9 Å². The molecule has 3 aromatic heterocycles. The molecular weight excluding hydrogens is 556 g/mol. The summed E-state index contributed by atoms with van der Waals surface area (Å²) in [6.07, 6.45) is 4.03. The second kappa shape index (κ2) is 9.86. The molecule has 8 bridgehead atoms. The second-order valence-electron chi connectivity index (χ2n) is 9.84. The zero-order chi connectivity index (χ0) is 26.6. The molecule has 0 fully saturated rings. The molecule has 3 aromatic carbocycles. The number of hydrogen-bond acceptors (Lipinski definition) is 3. The molecule has 5 heterocycles. The number of ketones is 1.